The molecule has 3 nitrogen and oxygen atoms in total. The van der Waals surface area contributed by atoms with E-state index in [1.54, 1.807) is 0 Å². The number of imidazole rings is 1. The van der Waals surface area contributed by atoms with Crippen molar-refractivity contribution in [1.29, 1.82) is 0 Å². The number of nitrogens with two attached hydrogens (primary N) is 1. The van der Waals surface area contributed by atoms with Crippen LogP contribution in [0.4, 0.5) is 0 Å². The van der Waals surface area contributed by atoms with Gasteiger partial charge in [0.25, 0.3) is 0 Å². The highest BCUT2D eigenvalue weighted by molar-refractivity contribution is 5.77. The zero-order chi connectivity index (χ0) is 13.3. The van der Waals surface area contributed by atoms with E-state index in [0.717, 1.165) is 24.3 Å². The Hall–Kier alpha value is -1.35. The summed E-state index contributed by atoms with van der Waals surface area (Å²) in [5.74, 6) is 1.61. The van der Waals surface area contributed by atoms with Crippen LogP contribution in [0.3, 0.4) is 0 Å². The quantitative estimate of drug-likeness (QED) is 0.897. The summed E-state index contributed by atoms with van der Waals surface area (Å²) in [7, 11) is 0. The van der Waals surface area contributed by atoms with Gasteiger partial charge in [-0.05, 0) is 43.9 Å². The van der Waals surface area contributed by atoms with Gasteiger partial charge in [-0.1, -0.05) is 19.9 Å². The van der Waals surface area contributed by atoms with Crippen LogP contribution >= 0.6 is 0 Å². The van der Waals surface area contributed by atoms with Crippen LogP contribution in [0.5, 0.6) is 0 Å². The Morgan fingerprint density at radius 1 is 1.33 bits per heavy atom. The van der Waals surface area contributed by atoms with Crippen LogP contribution < -0.4 is 5.73 Å². The second-order valence-electron chi connectivity index (χ2n) is 5.44. The molecule has 1 heterocycles. The normalized spacial score (nSPS) is 13.4. The number of aryl methyl sites for hydroxylation is 2. The van der Waals surface area contributed by atoms with E-state index in [0.29, 0.717) is 5.92 Å². The van der Waals surface area contributed by atoms with Gasteiger partial charge >= 0.3 is 0 Å². The van der Waals surface area contributed by atoms with Crippen LogP contribution in [0.25, 0.3) is 11.0 Å². The van der Waals surface area contributed by atoms with Gasteiger partial charge in [0.2, 0.25) is 0 Å². The molecule has 0 aliphatic carbocycles. The highest BCUT2D eigenvalue weighted by Crippen LogP contribution is 2.24. The van der Waals surface area contributed by atoms with Crippen LogP contribution in [-0.2, 0) is 6.54 Å². The first-order valence-corrected chi connectivity index (χ1v) is 6.75. The van der Waals surface area contributed by atoms with Crippen LogP contribution in [0.2, 0.25) is 0 Å². The minimum absolute atomic E-state index is 0.0256. The molecule has 1 aromatic carbocycles. The van der Waals surface area contributed by atoms with Gasteiger partial charge in [-0.3, -0.25) is 0 Å². The number of rotatable bonds is 4. The van der Waals surface area contributed by atoms with Crippen LogP contribution in [-0.4, -0.2) is 9.55 Å². The molecular weight excluding hydrogens is 222 g/mol. The number of hydrogen-bond donors (Lipinski definition) is 1. The molecule has 98 valence electrons. The number of aromatic nitrogens is 2. The maximum atomic E-state index is 6.29. The molecule has 0 bridgehead atoms. The standard InChI is InChI=1S/C15H23N3/c1-5-18-14-7-6-11(4)9-13(14)17-15(18)12(16)8-10(2)3/h6-7,9-10,12H,5,8,16H2,1-4H3. The molecule has 0 aliphatic heterocycles. The summed E-state index contributed by atoms with van der Waals surface area (Å²) < 4.78 is 2.24. The third-order valence-electron chi connectivity index (χ3n) is 3.31. The zero-order valence-corrected chi connectivity index (χ0v) is 11.8. The summed E-state index contributed by atoms with van der Waals surface area (Å²) in [6, 6.07) is 6.44. The van der Waals surface area contributed by atoms with Crippen molar-refractivity contribution >= 4 is 11.0 Å². The van der Waals surface area contributed by atoms with E-state index in [1.807, 2.05) is 0 Å². The predicted octanol–water partition coefficient (Wildman–Crippen LogP) is 3.41. The Balaban J connectivity index is 2.49. The molecule has 0 saturated heterocycles. The lowest BCUT2D eigenvalue weighted by Crippen LogP contribution is -2.18. The molecule has 18 heavy (non-hydrogen) atoms. The van der Waals surface area contributed by atoms with E-state index in [9.17, 15) is 0 Å². The molecule has 0 fully saturated rings. The molecule has 1 unspecified atom stereocenters. The summed E-state index contributed by atoms with van der Waals surface area (Å²) in [4.78, 5) is 4.74. The lowest BCUT2D eigenvalue weighted by molar-refractivity contribution is 0.479. The summed E-state index contributed by atoms with van der Waals surface area (Å²) in [5.41, 5.74) is 9.79. The average molecular weight is 245 g/mol. The minimum atomic E-state index is 0.0256. The SMILES string of the molecule is CCn1c(C(N)CC(C)C)nc2cc(C)ccc21. The van der Waals surface area contributed by atoms with Crippen LogP contribution in [0.15, 0.2) is 18.2 Å². The lowest BCUT2D eigenvalue weighted by atomic mass is 10.0. The molecule has 0 aliphatic rings. The third-order valence-corrected chi connectivity index (χ3v) is 3.31. The summed E-state index contributed by atoms with van der Waals surface area (Å²) in [6.07, 6.45) is 0.975. The second kappa shape index (κ2) is 5.11. The Bertz CT molecular complexity index is 540. The fourth-order valence-electron chi connectivity index (χ4n) is 2.49. The second-order valence-corrected chi connectivity index (χ2v) is 5.44. The molecule has 3 heteroatoms. The molecule has 2 N–H and O–H groups in total. The van der Waals surface area contributed by atoms with Crippen LogP contribution in [0.1, 0.15) is 44.6 Å². The number of nitrogens with zero attached hydrogens (tertiary/aromatic N) is 2. The maximum Gasteiger partial charge on any atom is 0.126 e. The highest BCUT2D eigenvalue weighted by atomic mass is 15.1. The molecule has 0 spiro atoms. The van der Waals surface area contributed by atoms with Crippen molar-refractivity contribution in [3.8, 4) is 0 Å². The molecular formula is C15H23N3. The van der Waals surface area contributed by atoms with E-state index >= 15 is 0 Å². The van der Waals surface area contributed by atoms with Crippen molar-refractivity contribution in [2.45, 2.75) is 46.7 Å². The first kappa shape index (κ1) is 13.1. The zero-order valence-electron chi connectivity index (χ0n) is 11.8. The van der Waals surface area contributed by atoms with Gasteiger partial charge in [0.05, 0.1) is 17.1 Å². The topological polar surface area (TPSA) is 43.8 Å². The molecule has 1 aromatic heterocycles. The van der Waals surface area contributed by atoms with Crippen LogP contribution in [0, 0.1) is 12.8 Å². The predicted molar refractivity (Wildman–Crippen MR) is 76.5 cm³/mol. The van der Waals surface area contributed by atoms with Crippen molar-refractivity contribution < 1.29 is 0 Å². The van der Waals surface area contributed by atoms with Gasteiger partial charge < -0.3 is 10.3 Å². The Morgan fingerprint density at radius 3 is 2.67 bits per heavy atom. The Morgan fingerprint density at radius 2 is 2.06 bits per heavy atom. The fraction of sp³-hybridized carbons (Fsp3) is 0.533. The summed E-state index contributed by atoms with van der Waals surface area (Å²) in [6.45, 7) is 9.55. The Labute approximate surface area is 109 Å². The van der Waals surface area contributed by atoms with Gasteiger partial charge in [-0.25, -0.2) is 4.98 Å². The van der Waals surface area contributed by atoms with E-state index in [1.165, 1.54) is 11.1 Å². The van der Waals surface area contributed by atoms with E-state index < -0.39 is 0 Å². The van der Waals surface area contributed by atoms with Gasteiger partial charge in [0, 0.05) is 6.54 Å². The van der Waals surface area contributed by atoms with Gasteiger partial charge in [-0.2, -0.15) is 0 Å². The van der Waals surface area contributed by atoms with Crippen molar-refractivity contribution in [3.63, 3.8) is 0 Å². The number of benzene rings is 1. The van der Waals surface area contributed by atoms with E-state index in [4.69, 9.17) is 10.7 Å². The first-order chi connectivity index (χ1) is 8.52. The monoisotopic (exact) mass is 245 g/mol. The molecule has 1 atom stereocenters. The summed E-state index contributed by atoms with van der Waals surface area (Å²) >= 11 is 0. The van der Waals surface area contributed by atoms with E-state index in [-0.39, 0.29) is 6.04 Å². The number of hydrogen-bond acceptors (Lipinski definition) is 2. The first-order valence-electron chi connectivity index (χ1n) is 6.75. The fourth-order valence-corrected chi connectivity index (χ4v) is 2.49. The molecule has 0 saturated carbocycles. The Kier molecular flexibility index (Phi) is 3.71. The molecule has 0 radical (unpaired) electrons. The van der Waals surface area contributed by atoms with Gasteiger partial charge in [-0.15, -0.1) is 0 Å². The third kappa shape index (κ3) is 2.41. The average Bonchev–Trinajstić information content (AvgIpc) is 2.65. The molecule has 2 aromatic rings. The largest absolute Gasteiger partial charge is 0.327 e. The smallest absolute Gasteiger partial charge is 0.126 e. The van der Waals surface area contributed by atoms with Gasteiger partial charge in [0.15, 0.2) is 0 Å². The van der Waals surface area contributed by atoms with Crippen molar-refractivity contribution in [1.82, 2.24) is 9.55 Å². The van der Waals surface area contributed by atoms with Crippen molar-refractivity contribution in [3.05, 3.63) is 29.6 Å². The van der Waals surface area contributed by atoms with Gasteiger partial charge in [0.1, 0.15) is 5.82 Å². The highest BCUT2D eigenvalue weighted by Gasteiger charge is 2.17. The van der Waals surface area contributed by atoms with Crippen molar-refractivity contribution in [2.24, 2.45) is 11.7 Å². The van der Waals surface area contributed by atoms with E-state index in [2.05, 4.69) is 50.5 Å². The number of fused-ring (bicyclic) bond motifs is 1. The molecule has 2 rings (SSSR count). The lowest BCUT2D eigenvalue weighted by Gasteiger charge is -2.15. The summed E-state index contributed by atoms with van der Waals surface area (Å²) in [5, 5.41) is 0. The minimum Gasteiger partial charge on any atom is -0.327 e. The maximum absolute atomic E-state index is 6.29. The molecule has 0 amide bonds. The van der Waals surface area contributed by atoms with Crippen molar-refractivity contribution in [2.75, 3.05) is 0 Å².